The van der Waals surface area contributed by atoms with Crippen molar-refractivity contribution in [1.29, 1.82) is 0 Å². The normalized spacial score (nSPS) is 13.3. The zero-order valence-corrected chi connectivity index (χ0v) is 7.57. The zero-order chi connectivity index (χ0) is 8.10. The summed E-state index contributed by atoms with van der Waals surface area (Å²) in [6, 6.07) is 0. The molecule has 11 heavy (non-hydrogen) atoms. The van der Waals surface area contributed by atoms with Crippen molar-refractivity contribution in [3.8, 4) is 0 Å². The van der Waals surface area contributed by atoms with E-state index in [1.807, 2.05) is 5.38 Å². The van der Waals surface area contributed by atoms with Crippen LogP contribution in [0.2, 0.25) is 0 Å². The first kappa shape index (κ1) is 8.99. The summed E-state index contributed by atoms with van der Waals surface area (Å²) in [6.45, 7) is 0. The number of hydrogen-bond acceptors (Lipinski definition) is 5. The van der Waals surface area contributed by atoms with E-state index in [0.717, 1.165) is 10.1 Å². The molecular formula is C6H10N2OS2. The second-order valence-corrected chi connectivity index (χ2v) is 4.24. The van der Waals surface area contributed by atoms with Crippen molar-refractivity contribution >= 4 is 23.1 Å². The average Bonchev–Trinajstić information content (AvgIpc) is 2.39. The number of aliphatic hydroxyl groups is 1. The van der Waals surface area contributed by atoms with Gasteiger partial charge < -0.3 is 10.8 Å². The third kappa shape index (κ3) is 3.71. The molecule has 62 valence electrons. The summed E-state index contributed by atoms with van der Waals surface area (Å²) < 4.78 is 1.03. The van der Waals surface area contributed by atoms with Crippen LogP contribution in [0.25, 0.3) is 0 Å². The quantitative estimate of drug-likeness (QED) is 0.547. The van der Waals surface area contributed by atoms with E-state index in [9.17, 15) is 0 Å². The minimum absolute atomic E-state index is 0.615. The summed E-state index contributed by atoms with van der Waals surface area (Å²) in [7, 11) is 0. The van der Waals surface area contributed by atoms with E-state index in [4.69, 9.17) is 10.8 Å². The largest absolute Gasteiger partial charge is 0.379 e. The van der Waals surface area contributed by atoms with Crippen LogP contribution in [0.3, 0.4) is 0 Å². The molecule has 0 spiro atoms. The molecule has 1 aromatic rings. The minimum Gasteiger partial charge on any atom is -0.379 e. The van der Waals surface area contributed by atoms with Crippen LogP contribution >= 0.6 is 23.1 Å². The highest BCUT2D eigenvalue weighted by Gasteiger charge is 1.98. The molecule has 1 heterocycles. The van der Waals surface area contributed by atoms with Crippen LogP contribution in [0.4, 0.5) is 0 Å². The van der Waals surface area contributed by atoms with E-state index in [-0.39, 0.29) is 0 Å². The van der Waals surface area contributed by atoms with E-state index in [1.165, 1.54) is 0 Å². The molecule has 3 nitrogen and oxygen atoms in total. The average molecular weight is 190 g/mol. The molecule has 0 saturated heterocycles. The smallest absolute Gasteiger partial charge is 0.149 e. The molecule has 3 N–H and O–H groups in total. The van der Waals surface area contributed by atoms with E-state index in [2.05, 4.69) is 4.98 Å². The Balaban J connectivity index is 2.14. The lowest BCUT2D eigenvalue weighted by Gasteiger charge is -2.00. The van der Waals surface area contributed by atoms with E-state index < -0.39 is 6.23 Å². The maximum absolute atomic E-state index is 8.73. The number of thiazole rings is 1. The summed E-state index contributed by atoms with van der Waals surface area (Å²) in [5.74, 6) is 0.825. The van der Waals surface area contributed by atoms with Gasteiger partial charge in [-0.05, 0) is 6.42 Å². The Hall–Kier alpha value is -0.100. The maximum atomic E-state index is 8.73. The fourth-order valence-corrected chi connectivity index (χ4v) is 2.27. The predicted molar refractivity (Wildman–Crippen MR) is 47.6 cm³/mol. The van der Waals surface area contributed by atoms with Gasteiger partial charge in [0.1, 0.15) is 10.6 Å². The van der Waals surface area contributed by atoms with Crippen LogP contribution in [0.15, 0.2) is 15.9 Å². The molecule has 0 aliphatic rings. The number of thioether (sulfide) groups is 1. The van der Waals surface area contributed by atoms with Crippen molar-refractivity contribution in [2.75, 3.05) is 5.75 Å². The Morgan fingerprint density at radius 1 is 1.82 bits per heavy atom. The van der Waals surface area contributed by atoms with Crippen LogP contribution in [0, 0.1) is 0 Å². The third-order valence-corrected chi connectivity index (χ3v) is 3.05. The minimum atomic E-state index is -0.692. The molecule has 1 atom stereocenters. The molecular weight excluding hydrogens is 180 g/mol. The Kier molecular flexibility index (Phi) is 3.85. The molecule has 0 aliphatic heterocycles. The zero-order valence-electron chi connectivity index (χ0n) is 5.93. The Morgan fingerprint density at radius 3 is 3.18 bits per heavy atom. The molecule has 0 bridgehead atoms. The third-order valence-electron chi connectivity index (χ3n) is 1.05. The highest BCUT2D eigenvalue weighted by molar-refractivity contribution is 8.00. The highest BCUT2D eigenvalue weighted by atomic mass is 32.2. The molecule has 5 heteroatoms. The lowest BCUT2D eigenvalue weighted by molar-refractivity contribution is 0.179. The molecule has 0 radical (unpaired) electrons. The fourth-order valence-electron chi connectivity index (χ4n) is 0.549. The molecule has 1 rings (SSSR count). The second kappa shape index (κ2) is 4.71. The van der Waals surface area contributed by atoms with Crippen LogP contribution in [0.5, 0.6) is 0 Å². The molecule has 0 aliphatic carbocycles. The molecule has 1 aromatic heterocycles. The summed E-state index contributed by atoms with van der Waals surface area (Å²) in [6.07, 6.45) is 1.69. The van der Waals surface area contributed by atoms with Gasteiger partial charge in [-0.15, -0.1) is 11.3 Å². The predicted octanol–water partition coefficient (Wildman–Crippen LogP) is 0.902. The Bertz CT molecular complexity index is 188. The van der Waals surface area contributed by atoms with Gasteiger partial charge in [0, 0.05) is 17.3 Å². The monoisotopic (exact) mass is 190 g/mol. The first-order valence-electron chi connectivity index (χ1n) is 3.25. The van der Waals surface area contributed by atoms with Crippen LogP contribution in [-0.4, -0.2) is 22.1 Å². The van der Waals surface area contributed by atoms with E-state index >= 15 is 0 Å². The fraction of sp³-hybridized carbons (Fsp3) is 0.500. The van der Waals surface area contributed by atoms with Gasteiger partial charge in [-0.3, -0.25) is 0 Å². The van der Waals surface area contributed by atoms with Crippen molar-refractivity contribution in [2.24, 2.45) is 5.73 Å². The topological polar surface area (TPSA) is 59.1 Å². The first-order chi connectivity index (χ1) is 5.29. The SMILES string of the molecule is NC(O)CCSc1nccs1. The van der Waals surface area contributed by atoms with Crippen molar-refractivity contribution in [3.63, 3.8) is 0 Å². The van der Waals surface area contributed by atoms with Gasteiger partial charge in [0.05, 0.1) is 0 Å². The van der Waals surface area contributed by atoms with Crippen molar-refractivity contribution in [2.45, 2.75) is 17.0 Å². The van der Waals surface area contributed by atoms with Crippen molar-refractivity contribution in [3.05, 3.63) is 11.6 Å². The number of rotatable bonds is 4. The maximum Gasteiger partial charge on any atom is 0.149 e. The van der Waals surface area contributed by atoms with Crippen molar-refractivity contribution < 1.29 is 5.11 Å². The van der Waals surface area contributed by atoms with Gasteiger partial charge in [-0.2, -0.15) is 0 Å². The summed E-state index contributed by atoms with van der Waals surface area (Å²) in [5, 5.41) is 10.7. The summed E-state index contributed by atoms with van der Waals surface area (Å²) >= 11 is 3.23. The van der Waals surface area contributed by atoms with E-state index in [1.54, 1.807) is 29.3 Å². The van der Waals surface area contributed by atoms with Gasteiger partial charge in [0.15, 0.2) is 0 Å². The number of nitrogens with two attached hydrogens (primary N) is 1. The standard InChI is InChI=1S/C6H10N2OS2/c7-5(9)1-3-10-6-8-2-4-11-6/h2,4-5,9H,1,3,7H2. The number of nitrogens with zero attached hydrogens (tertiary/aromatic N) is 1. The summed E-state index contributed by atoms with van der Waals surface area (Å²) in [5.41, 5.74) is 5.16. The molecule has 1 unspecified atom stereocenters. The van der Waals surface area contributed by atoms with Crippen LogP contribution in [0.1, 0.15) is 6.42 Å². The highest BCUT2D eigenvalue weighted by Crippen LogP contribution is 2.20. The van der Waals surface area contributed by atoms with Gasteiger partial charge >= 0.3 is 0 Å². The van der Waals surface area contributed by atoms with Gasteiger partial charge in [-0.1, -0.05) is 11.8 Å². The lowest BCUT2D eigenvalue weighted by Crippen LogP contribution is -2.18. The molecule has 0 saturated carbocycles. The summed E-state index contributed by atoms with van der Waals surface area (Å²) in [4.78, 5) is 4.07. The van der Waals surface area contributed by atoms with Crippen LogP contribution in [-0.2, 0) is 0 Å². The Labute approximate surface area is 73.6 Å². The molecule has 0 aromatic carbocycles. The number of hydrogen-bond donors (Lipinski definition) is 2. The lowest BCUT2D eigenvalue weighted by atomic mass is 10.4. The number of aliphatic hydroxyl groups excluding tert-OH is 1. The second-order valence-electron chi connectivity index (χ2n) is 2.00. The molecule has 0 fully saturated rings. The van der Waals surface area contributed by atoms with Crippen molar-refractivity contribution in [1.82, 2.24) is 4.98 Å². The first-order valence-corrected chi connectivity index (χ1v) is 5.11. The van der Waals surface area contributed by atoms with Gasteiger partial charge in [-0.25, -0.2) is 4.98 Å². The molecule has 0 amide bonds. The van der Waals surface area contributed by atoms with Crippen LogP contribution < -0.4 is 5.73 Å². The number of aromatic nitrogens is 1. The van der Waals surface area contributed by atoms with E-state index in [0.29, 0.717) is 6.42 Å². The van der Waals surface area contributed by atoms with Gasteiger partial charge in [0.2, 0.25) is 0 Å². The van der Waals surface area contributed by atoms with Gasteiger partial charge in [0.25, 0.3) is 0 Å². The Morgan fingerprint density at radius 2 is 2.64 bits per heavy atom.